The van der Waals surface area contributed by atoms with E-state index in [2.05, 4.69) is 11.9 Å². The standard InChI is InChI=1S/C23H25N3O2/c1-5-26(3)15-24-20-14-18-12-9-13-19(22(18)25-16(20)2)21(23(27)28-4)17-10-7-6-8-11-17/h6-15,21H,5H2,1-4H3. The van der Waals surface area contributed by atoms with E-state index in [1.165, 1.54) is 7.11 Å². The van der Waals surface area contributed by atoms with Gasteiger partial charge in [0.05, 0.1) is 30.3 Å². The second-order valence-corrected chi connectivity index (χ2v) is 6.70. The lowest BCUT2D eigenvalue weighted by molar-refractivity contribution is -0.141. The van der Waals surface area contributed by atoms with Crippen molar-refractivity contribution in [1.82, 2.24) is 9.88 Å². The second-order valence-electron chi connectivity index (χ2n) is 6.70. The van der Waals surface area contributed by atoms with Gasteiger partial charge in [-0.05, 0) is 31.0 Å². The van der Waals surface area contributed by atoms with Gasteiger partial charge in [0.25, 0.3) is 0 Å². The average molecular weight is 375 g/mol. The van der Waals surface area contributed by atoms with Crippen molar-refractivity contribution in [3.05, 3.63) is 71.4 Å². The Morgan fingerprint density at radius 2 is 1.96 bits per heavy atom. The highest BCUT2D eigenvalue weighted by molar-refractivity contribution is 5.92. The Balaban J connectivity index is 2.14. The average Bonchev–Trinajstić information content (AvgIpc) is 2.73. The lowest BCUT2D eigenvalue weighted by Gasteiger charge is -2.18. The van der Waals surface area contributed by atoms with Gasteiger partial charge in [0.15, 0.2) is 0 Å². The molecule has 1 aromatic heterocycles. The van der Waals surface area contributed by atoms with Gasteiger partial charge in [0, 0.05) is 19.0 Å². The van der Waals surface area contributed by atoms with Gasteiger partial charge in [0.2, 0.25) is 0 Å². The Morgan fingerprint density at radius 3 is 2.64 bits per heavy atom. The fourth-order valence-corrected chi connectivity index (χ4v) is 3.11. The minimum atomic E-state index is -0.526. The summed E-state index contributed by atoms with van der Waals surface area (Å²) in [4.78, 5) is 24.0. The molecule has 0 N–H and O–H groups in total. The van der Waals surface area contributed by atoms with Gasteiger partial charge in [-0.1, -0.05) is 48.5 Å². The number of carbonyl (C=O) groups excluding carboxylic acids is 1. The Bertz CT molecular complexity index is 999. The number of aromatic nitrogens is 1. The fourth-order valence-electron chi connectivity index (χ4n) is 3.11. The monoisotopic (exact) mass is 375 g/mol. The number of fused-ring (bicyclic) bond motifs is 1. The number of benzene rings is 2. The molecule has 0 radical (unpaired) electrons. The molecule has 0 aliphatic heterocycles. The number of hydrogen-bond donors (Lipinski definition) is 0. The number of pyridine rings is 1. The Hall–Kier alpha value is -3.21. The van der Waals surface area contributed by atoms with Crippen molar-refractivity contribution >= 4 is 28.9 Å². The lowest BCUT2D eigenvalue weighted by Crippen LogP contribution is -2.16. The van der Waals surface area contributed by atoms with Crippen LogP contribution < -0.4 is 0 Å². The first-order valence-electron chi connectivity index (χ1n) is 9.32. The van der Waals surface area contributed by atoms with Gasteiger partial charge >= 0.3 is 5.97 Å². The van der Waals surface area contributed by atoms with E-state index in [1.54, 1.807) is 6.34 Å². The summed E-state index contributed by atoms with van der Waals surface area (Å²) in [5.74, 6) is -0.827. The predicted octanol–water partition coefficient (Wildman–Crippen LogP) is 4.46. The summed E-state index contributed by atoms with van der Waals surface area (Å²) >= 11 is 0. The van der Waals surface area contributed by atoms with E-state index in [-0.39, 0.29) is 5.97 Å². The quantitative estimate of drug-likeness (QED) is 0.363. The van der Waals surface area contributed by atoms with Crippen LogP contribution in [0.5, 0.6) is 0 Å². The Kier molecular flexibility index (Phi) is 6.04. The molecule has 1 atom stereocenters. The highest BCUT2D eigenvalue weighted by Gasteiger charge is 2.26. The summed E-state index contributed by atoms with van der Waals surface area (Å²) in [6.07, 6.45) is 1.81. The first kappa shape index (κ1) is 19.5. The maximum atomic E-state index is 12.6. The number of esters is 1. The largest absolute Gasteiger partial charge is 0.468 e. The van der Waals surface area contributed by atoms with E-state index >= 15 is 0 Å². The maximum absolute atomic E-state index is 12.6. The van der Waals surface area contributed by atoms with Gasteiger partial charge in [-0.2, -0.15) is 0 Å². The van der Waals surface area contributed by atoms with Crippen molar-refractivity contribution in [2.24, 2.45) is 4.99 Å². The van der Waals surface area contributed by atoms with Crippen LogP contribution >= 0.6 is 0 Å². The zero-order chi connectivity index (χ0) is 20.1. The van der Waals surface area contributed by atoms with Gasteiger partial charge < -0.3 is 9.64 Å². The van der Waals surface area contributed by atoms with E-state index in [1.807, 2.05) is 73.5 Å². The summed E-state index contributed by atoms with van der Waals surface area (Å²) in [7, 11) is 3.39. The van der Waals surface area contributed by atoms with E-state index in [0.717, 1.165) is 40.0 Å². The number of para-hydroxylation sites is 1. The summed E-state index contributed by atoms with van der Waals surface area (Å²) < 4.78 is 5.11. The summed E-state index contributed by atoms with van der Waals surface area (Å²) in [5.41, 5.74) is 4.14. The molecule has 28 heavy (non-hydrogen) atoms. The number of methoxy groups -OCH3 is 1. The van der Waals surface area contributed by atoms with E-state index in [9.17, 15) is 4.79 Å². The van der Waals surface area contributed by atoms with Crippen molar-refractivity contribution in [3.63, 3.8) is 0 Å². The molecule has 0 fully saturated rings. The van der Waals surface area contributed by atoms with Crippen LogP contribution in [0.1, 0.15) is 29.7 Å². The van der Waals surface area contributed by atoms with E-state index in [0.29, 0.717) is 0 Å². The molecule has 2 aromatic carbocycles. The summed E-state index contributed by atoms with van der Waals surface area (Å²) in [5, 5.41) is 0.944. The van der Waals surface area contributed by atoms with Crippen LogP contribution in [-0.4, -0.2) is 42.9 Å². The van der Waals surface area contributed by atoms with Crippen molar-refractivity contribution in [3.8, 4) is 0 Å². The highest BCUT2D eigenvalue weighted by Crippen LogP contribution is 2.33. The maximum Gasteiger partial charge on any atom is 0.317 e. The molecule has 3 aromatic rings. The molecule has 0 aliphatic rings. The Labute approximate surface area is 165 Å². The number of nitrogens with zero attached hydrogens (tertiary/aromatic N) is 3. The highest BCUT2D eigenvalue weighted by atomic mass is 16.5. The van der Waals surface area contributed by atoms with Crippen molar-refractivity contribution in [2.75, 3.05) is 20.7 Å². The molecule has 0 bridgehead atoms. The van der Waals surface area contributed by atoms with Crippen molar-refractivity contribution in [1.29, 1.82) is 0 Å². The fraction of sp³-hybridized carbons (Fsp3) is 0.261. The van der Waals surface area contributed by atoms with Crippen LogP contribution in [0.4, 0.5) is 5.69 Å². The third-order valence-corrected chi connectivity index (χ3v) is 4.81. The molecule has 0 saturated carbocycles. The molecule has 5 heteroatoms. The molecule has 0 spiro atoms. The van der Waals surface area contributed by atoms with Gasteiger partial charge in [-0.15, -0.1) is 0 Å². The van der Waals surface area contributed by atoms with Crippen LogP contribution in [-0.2, 0) is 9.53 Å². The molecule has 0 amide bonds. The molecular formula is C23H25N3O2. The first-order valence-corrected chi connectivity index (χ1v) is 9.32. The van der Waals surface area contributed by atoms with Gasteiger partial charge in [-0.25, -0.2) is 4.99 Å². The number of aliphatic imine (C=N–C) groups is 1. The SMILES string of the molecule is CCN(C)C=Nc1cc2cccc(C(C(=O)OC)c3ccccc3)c2nc1C. The van der Waals surface area contributed by atoms with E-state index < -0.39 is 5.92 Å². The normalized spacial score (nSPS) is 12.3. The zero-order valence-electron chi connectivity index (χ0n) is 16.7. The molecule has 1 heterocycles. The zero-order valence-corrected chi connectivity index (χ0v) is 16.7. The van der Waals surface area contributed by atoms with E-state index in [4.69, 9.17) is 9.72 Å². The number of ether oxygens (including phenoxy) is 1. The molecule has 0 saturated heterocycles. The number of carbonyl (C=O) groups is 1. The molecule has 144 valence electrons. The minimum absolute atomic E-state index is 0.301. The van der Waals surface area contributed by atoms with Crippen LogP contribution in [0.2, 0.25) is 0 Å². The first-order chi connectivity index (χ1) is 13.5. The topological polar surface area (TPSA) is 54.8 Å². The molecule has 1 unspecified atom stereocenters. The molecule has 3 rings (SSSR count). The number of rotatable bonds is 6. The molecule has 0 aliphatic carbocycles. The van der Waals surface area contributed by atoms with Crippen LogP contribution in [0.3, 0.4) is 0 Å². The Morgan fingerprint density at radius 1 is 1.21 bits per heavy atom. The summed E-state index contributed by atoms with van der Waals surface area (Å²) in [6, 6.07) is 17.5. The van der Waals surface area contributed by atoms with Crippen molar-refractivity contribution < 1.29 is 9.53 Å². The number of aryl methyl sites for hydroxylation is 1. The van der Waals surface area contributed by atoms with Crippen molar-refractivity contribution in [2.45, 2.75) is 19.8 Å². The van der Waals surface area contributed by atoms with Crippen LogP contribution in [0, 0.1) is 6.92 Å². The number of hydrogen-bond acceptors (Lipinski definition) is 4. The lowest BCUT2D eigenvalue weighted by atomic mass is 9.89. The van der Waals surface area contributed by atoms with Crippen LogP contribution in [0.25, 0.3) is 10.9 Å². The summed E-state index contributed by atoms with van der Waals surface area (Å²) in [6.45, 7) is 4.89. The third-order valence-electron chi connectivity index (χ3n) is 4.81. The minimum Gasteiger partial charge on any atom is -0.468 e. The third kappa shape index (κ3) is 4.03. The molecule has 5 nitrogen and oxygen atoms in total. The predicted molar refractivity (Wildman–Crippen MR) is 113 cm³/mol. The van der Waals surface area contributed by atoms with Gasteiger partial charge in [-0.3, -0.25) is 9.78 Å². The van der Waals surface area contributed by atoms with Crippen LogP contribution in [0.15, 0.2) is 59.6 Å². The van der Waals surface area contributed by atoms with Gasteiger partial charge in [0.1, 0.15) is 5.92 Å². The molecular weight excluding hydrogens is 350 g/mol. The second kappa shape index (κ2) is 8.65. The smallest absolute Gasteiger partial charge is 0.317 e.